The average molecular weight is 401 g/mol. The first-order chi connectivity index (χ1) is 13.7. The fourth-order valence-electron chi connectivity index (χ4n) is 4.38. The van der Waals surface area contributed by atoms with Crippen molar-refractivity contribution in [3.8, 4) is 5.75 Å². The van der Waals surface area contributed by atoms with Crippen LogP contribution in [0.3, 0.4) is 0 Å². The van der Waals surface area contributed by atoms with Gasteiger partial charge in [0.05, 0.1) is 5.92 Å². The van der Waals surface area contributed by atoms with E-state index in [9.17, 15) is 9.59 Å². The smallest absolute Gasteiger partial charge is 0.319 e. The Morgan fingerprint density at radius 1 is 1.00 bits per heavy atom. The molecule has 2 rings (SSSR count). The highest BCUT2D eigenvalue weighted by molar-refractivity contribution is 5.86. The van der Waals surface area contributed by atoms with Gasteiger partial charge < -0.3 is 4.74 Å². The van der Waals surface area contributed by atoms with Gasteiger partial charge in [-0.05, 0) is 62.0 Å². The summed E-state index contributed by atoms with van der Waals surface area (Å²) in [6.45, 7) is 12.5. The Morgan fingerprint density at radius 3 is 2.34 bits per heavy atom. The predicted octanol–water partition coefficient (Wildman–Crippen LogP) is 6.73. The minimum atomic E-state index is -0.204. The van der Waals surface area contributed by atoms with E-state index >= 15 is 0 Å². The first-order valence-corrected chi connectivity index (χ1v) is 11.6. The van der Waals surface area contributed by atoms with E-state index in [4.69, 9.17) is 4.74 Å². The van der Waals surface area contributed by atoms with Gasteiger partial charge in [-0.25, -0.2) is 0 Å². The molecule has 29 heavy (non-hydrogen) atoms. The molecule has 0 spiro atoms. The summed E-state index contributed by atoms with van der Waals surface area (Å²) in [5.41, 5.74) is 2.36. The minimum absolute atomic E-state index is 0.0466. The van der Waals surface area contributed by atoms with Gasteiger partial charge in [-0.15, -0.1) is 0 Å². The number of hydrogen-bond donors (Lipinski definition) is 0. The highest BCUT2D eigenvalue weighted by atomic mass is 16.5. The molecule has 0 saturated heterocycles. The second kappa shape index (κ2) is 10.9. The number of rotatable bonds is 12. The summed E-state index contributed by atoms with van der Waals surface area (Å²) in [6.07, 6.45) is 7.78. The zero-order valence-corrected chi connectivity index (χ0v) is 19.3. The monoisotopic (exact) mass is 400 g/mol. The fraction of sp³-hybridized carbons (Fsp3) is 0.692. The Labute approximate surface area is 177 Å². The van der Waals surface area contributed by atoms with Crippen LogP contribution in [-0.4, -0.2) is 11.8 Å². The lowest BCUT2D eigenvalue weighted by molar-refractivity contribution is -0.135. The number of esters is 1. The van der Waals surface area contributed by atoms with Crippen LogP contribution >= 0.6 is 0 Å². The molecule has 3 nitrogen and oxygen atoms in total. The van der Waals surface area contributed by atoms with E-state index in [1.807, 2.05) is 13.0 Å². The molecule has 0 radical (unpaired) electrons. The number of unbranched alkanes of at least 4 members (excludes halogenated alkanes) is 2. The van der Waals surface area contributed by atoms with E-state index in [1.165, 1.54) is 31.2 Å². The van der Waals surface area contributed by atoms with Crippen LogP contribution in [0.1, 0.15) is 97.1 Å². The number of ketones is 1. The largest absolute Gasteiger partial charge is 0.426 e. The van der Waals surface area contributed by atoms with Crippen LogP contribution in [0.2, 0.25) is 0 Å². The van der Waals surface area contributed by atoms with Crippen molar-refractivity contribution in [1.29, 1.82) is 0 Å². The zero-order chi connectivity index (χ0) is 21.6. The van der Waals surface area contributed by atoms with Gasteiger partial charge in [0.1, 0.15) is 11.5 Å². The molecule has 0 saturated carbocycles. The molecule has 1 aliphatic heterocycles. The molecule has 0 aliphatic carbocycles. The number of carbonyl (C=O) groups is 2. The second-order valence-corrected chi connectivity index (χ2v) is 9.76. The van der Waals surface area contributed by atoms with Crippen molar-refractivity contribution in [2.45, 2.75) is 92.4 Å². The molecular weight excluding hydrogens is 360 g/mol. The van der Waals surface area contributed by atoms with Crippen LogP contribution < -0.4 is 4.74 Å². The number of ether oxygens (including phenoxy) is 1. The number of carbonyl (C=O) groups excluding carboxylic acids is 2. The number of hydrogen-bond acceptors (Lipinski definition) is 3. The number of fused-ring (bicyclic) bond motifs is 1. The minimum Gasteiger partial charge on any atom is -0.426 e. The van der Waals surface area contributed by atoms with Gasteiger partial charge in [0, 0.05) is 11.5 Å². The Hall–Kier alpha value is -1.64. The molecule has 0 fully saturated rings. The molecule has 1 aromatic carbocycles. The normalized spacial score (nSPS) is 18.1. The average Bonchev–Trinajstić information content (AvgIpc) is 2.96. The summed E-state index contributed by atoms with van der Waals surface area (Å²) >= 11 is 0. The van der Waals surface area contributed by atoms with E-state index in [2.05, 4.69) is 39.8 Å². The van der Waals surface area contributed by atoms with Crippen molar-refractivity contribution >= 4 is 11.8 Å². The topological polar surface area (TPSA) is 43.4 Å². The summed E-state index contributed by atoms with van der Waals surface area (Å²) in [4.78, 5) is 24.4. The van der Waals surface area contributed by atoms with Crippen molar-refractivity contribution < 1.29 is 14.3 Å². The number of Topliss-reactive ketones (excluding diaryl/α,β-unsaturated/α-hetero) is 1. The quantitative estimate of drug-likeness (QED) is 0.222. The van der Waals surface area contributed by atoms with Crippen LogP contribution in [0.15, 0.2) is 18.2 Å². The fourth-order valence-corrected chi connectivity index (χ4v) is 4.38. The van der Waals surface area contributed by atoms with E-state index in [1.54, 1.807) is 6.92 Å². The first-order valence-electron chi connectivity index (χ1n) is 11.6. The molecule has 3 unspecified atom stereocenters. The maximum absolute atomic E-state index is 12.7. The molecule has 3 heteroatoms. The highest BCUT2D eigenvalue weighted by Gasteiger charge is 2.40. The number of aryl methyl sites for hydroxylation is 1. The lowest BCUT2D eigenvalue weighted by Gasteiger charge is -2.26. The highest BCUT2D eigenvalue weighted by Crippen LogP contribution is 2.44. The Morgan fingerprint density at radius 2 is 1.72 bits per heavy atom. The molecular formula is C26H40O3. The third-order valence-electron chi connectivity index (χ3n) is 6.53. The van der Waals surface area contributed by atoms with Crippen LogP contribution in [0.5, 0.6) is 5.75 Å². The maximum atomic E-state index is 12.7. The van der Waals surface area contributed by atoms with Crippen LogP contribution in [0.25, 0.3) is 0 Å². The molecule has 162 valence electrons. The summed E-state index contributed by atoms with van der Waals surface area (Å²) in [6, 6.07) is 6.29. The second-order valence-electron chi connectivity index (χ2n) is 9.76. The van der Waals surface area contributed by atoms with Crippen molar-refractivity contribution in [3.63, 3.8) is 0 Å². The standard InChI is InChI=1S/C26H40O3/c1-17(2)10-8-7-9-11-21-13-15-24-23(16-21)25(26(28)29-24)22(18(3)4)14-12-19(5)20(6)27/h13,15-19,22,25H,7-12,14H2,1-6H3. The number of benzene rings is 1. The molecule has 1 heterocycles. The molecule has 1 aromatic rings. The van der Waals surface area contributed by atoms with E-state index in [0.29, 0.717) is 5.92 Å². The first kappa shape index (κ1) is 23.6. The third kappa shape index (κ3) is 6.69. The van der Waals surface area contributed by atoms with Crippen molar-refractivity contribution in [2.24, 2.45) is 23.7 Å². The summed E-state index contributed by atoms with van der Waals surface area (Å²) in [5, 5.41) is 0. The van der Waals surface area contributed by atoms with Gasteiger partial charge >= 0.3 is 5.97 Å². The van der Waals surface area contributed by atoms with Gasteiger partial charge in [0.25, 0.3) is 0 Å². The van der Waals surface area contributed by atoms with Crippen molar-refractivity contribution in [2.75, 3.05) is 0 Å². The Balaban J connectivity index is 2.08. The van der Waals surface area contributed by atoms with Gasteiger partial charge in [0.15, 0.2) is 0 Å². The molecule has 0 bridgehead atoms. The van der Waals surface area contributed by atoms with Crippen molar-refractivity contribution in [1.82, 2.24) is 0 Å². The molecule has 0 N–H and O–H groups in total. The summed E-state index contributed by atoms with van der Waals surface area (Å²) in [7, 11) is 0. The molecule has 1 aliphatic rings. The van der Waals surface area contributed by atoms with Crippen molar-refractivity contribution in [3.05, 3.63) is 29.3 Å². The van der Waals surface area contributed by atoms with Gasteiger partial charge in [-0.3, -0.25) is 9.59 Å². The van der Waals surface area contributed by atoms with Gasteiger partial charge in [0.2, 0.25) is 0 Å². The van der Waals surface area contributed by atoms with Crippen LogP contribution in [0, 0.1) is 23.7 Å². The van der Waals surface area contributed by atoms with Crippen LogP contribution in [-0.2, 0) is 16.0 Å². The van der Waals surface area contributed by atoms with E-state index < -0.39 is 0 Å². The zero-order valence-electron chi connectivity index (χ0n) is 19.3. The molecule has 0 aromatic heterocycles. The summed E-state index contributed by atoms with van der Waals surface area (Å²) in [5.74, 6) is 2.01. The Bertz CT molecular complexity index is 689. The van der Waals surface area contributed by atoms with E-state index in [-0.39, 0.29) is 29.5 Å². The summed E-state index contributed by atoms with van der Waals surface area (Å²) < 4.78 is 5.62. The Kier molecular flexibility index (Phi) is 8.92. The lowest BCUT2D eigenvalue weighted by Crippen LogP contribution is -2.25. The molecule has 3 atom stereocenters. The van der Waals surface area contributed by atoms with Crippen LogP contribution in [0.4, 0.5) is 0 Å². The predicted molar refractivity (Wildman–Crippen MR) is 119 cm³/mol. The lowest BCUT2D eigenvalue weighted by atomic mass is 9.76. The van der Waals surface area contributed by atoms with Gasteiger partial charge in [-0.1, -0.05) is 66.0 Å². The van der Waals surface area contributed by atoms with E-state index in [0.717, 1.165) is 36.5 Å². The maximum Gasteiger partial charge on any atom is 0.319 e. The SMILES string of the molecule is CC(=O)C(C)CCC(C(C)C)C1C(=O)Oc2ccc(CCCCCC(C)C)cc21. The molecule has 0 amide bonds. The third-order valence-corrected chi connectivity index (χ3v) is 6.53. The van der Waals surface area contributed by atoms with Gasteiger partial charge in [-0.2, -0.15) is 0 Å².